The van der Waals surface area contributed by atoms with Gasteiger partial charge in [-0.2, -0.15) is 5.10 Å². The number of aromatic nitrogens is 2. The first-order valence-corrected chi connectivity index (χ1v) is 6.71. The number of aryl methyl sites for hydroxylation is 2. The van der Waals surface area contributed by atoms with E-state index in [0.29, 0.717) is 23.4 Å². The summed E-state index contributed by atoms with van der Waals surface area (Å²) in [6.07, 6.45) is 2.42. The zero-order valence-electron chi connectivity index (χ0n) is 12.3. The molecule has 2 aromatic rings. The first-order valence-electron chi connectivity index (χ1n) is 6.71. The van der Waals surface area contributed by atoms with Gasteiger partial charge in [0.1, 0.15) is 5.75 Å². The quantitative estimate of drug-likeness (QED) is 0.852. The number of nitrogens with zero attached hydrogens (tertiary/aromatic N) is 2. The molecule has 0 saturated heterocycles. The molecule has 0 fully saturated rings. The molecule has 0 spiro atoms. The fourth-order valence-electron chi connectivity index (χ4n) is 2.22. The molecule has 2 N–H and O–H groups in total. The lowest BCUT2D eigenvalue weighted by Crippen LogP contribution is -2.21. The third-order valence-corrected chi connectivity index (χ3v) is 3.21. The monoisotopic (exact) mass is 289 g/mol. The van der Waals surface area contributed by atoms with Gasteiger partial charge in [-0.05, 0) is 18.6 Å². The maximum atomic E-state index is 11.6. The second-order valence-electron chi connectivity index (χ2n) is 4.71. The van der Waals surface area contributed by atoms with E-state index in [1.165, 1.54) is 0 Å². The highest BCUT2D eigenvalue weighted by molar-refractivity contribution is 5.79. The summed E-state index contributed by atoms with van der Waals surface area (Å²) in [5, 5.41) is 16.8. The van der Waals surface area contributed by atoms with Gasteiger partial charge >= 0.3 is 5.97 Å². The van der Waals surface area contributed by atoms with Gasteiger partial charge in [0, 0.05) is 30.6 Å². The number of hydrogen-bond acceptors (Lipinski definition) is 4. The molecule has 1 unspecified atom stereocenters. The Kier molecular flexibility index (Phi) is 4.47. The number of carbonyl (C=O) groups is 1. The standard InChI is InChI=1S/C15H19N3O3/c1-4-13-12(9-18(2)17-13)14(15(19)20)16-10-6-5-7-11(8-10)21-3/h5-9,14,16H,4H2,1-3H3,(H,19,20). The number of carboxylic acids is 1. The maximum absolute atomic E-state index is 11.6. The summed E-state index contributed by atoms with van der Waals surface area (Å²) < 4.78 is 6.78. The Hall–Kier alpha value is -2.50. The van der Waals surface area contributed by atoms with E-state index in [4.69, 9.17) is 4.74 Å². The van der Waals surface area contributed by atoms with Gasteiger partial charge in [-0.15, -0.1) is 0 Å². The van der Waals surface area contributed by atoms with E-state index >= 15 is 0 Å². The first kappa shape index (κ1) is 14.9. The number of methoxy groups -OCH3 is 1. The van der Waals surface area contributed by atoms with Gasteiger partial charge in [0.05, 0.1) is 12.8 Å². The molecule has 0 aliphatic heterocycles. The van der Waals surface area contributed by atoms with Gasteiger partial charge in [-0.1, -0.05) is 13.0 Å². The number of aliphatic carboxylic acids is 1. The van der Waals surface area contributed by atoms with Crippen LogP contribution in [0.4, 0.5) is 5.69 Å². The van der Waals surface area contributed by atoms with E-state index in [1.807, 2.05) is 19.1 Å². The molecule has 0 saturated carbocycles. The molecule has 1 aromatic heterocycles. The highest BCUT2D eigenvalue weighted by atomic mass is 16.5. The third kappa shape index (κ3) is 3.34. The van der Waals surface area contributed by atoms with Crippen LogP contribution in [-0.2, 0) is 18.3 Å². The Labute approximate surface area is 123 Å². The lowest BCUT2D eigenvalue weighted by molar-refractivity contribution is -0.138. The van der Waals surface area contributed by atoms with Gasteiger partial charge < -0.3 is 15.2 Å². The van der Waals surface area contributed by atoms with Crippen LogP contribution in [0.5, 0.6) is 5.75 Å². The number of benzene rings is 1. The third-order valence-electron chi connectivity index (χ3n) is 3.21. The van der Waals surface area contributed by atoms with Crippen LogP contribution in [0.2, 0.25) is 0 Å². The van der Waals surface area contributed by atoms with Gasteiger partial charge in [0.2, 0.25) is 0 Å². The van der Waals surface area contributed by atoms with Crippen molar-refractivity contribution in [1.82, 2.24) is 9.78 Å². The molecule has 1 atom stereocenters. The van der Waals surface area contributed by atoms with E-state index in [-0.39, 0.29) is 0 Å². The number of carboxylic acid groups (broad SMARTS) is 1. The summed E-state index contributed by atoms with van der Waals surface area (Å²) in [6.45, 7) is 1.95. The summed E-state index contributed by atoms with van der Waals surface area (Å²) in [7, 11) is 3.36. The number of hydrogen-bond donors (Lipinski definition) is 2. The Morgan fingerprint density at radius 1 is 1.52 bits per heavy atom. The highest BCUT2D eigenvalue weighted by Gasteiger charge is 2.24. The van der Waals surface area contributed by atoms with Crippen LogP contribution in [0.1, 0.15) is 24.2 Å². The second kappa shape index (κ2) is 6.30. The van der Waals surface area contributed by atoms with E-state index < -0.39 is 12.0 Å². The molecule has 6 nitrogen and oxygen atoms in total. The number of anilines is 1. The van der Waals surface area contributed by atoms with Crippen molar-refractivity contribution < 1.29 is 14.6 Å². The first-order chi connectivity index (χ1) is 10.0. The Morgan fingerprint density at radius 3 is 2.90 bits per heavy atom. The minimum atomic E-state index is -0.944. The molecule has 0 amide bonds. The number of rotatable bonds is 6. The summed E-state index contributed by atoms with van der Waals surface area (Å²) in [6, 6.07) is 6.34. The van der Waals surface area contributed by atoms with E-state index in [0.717, 1.165) is 5.69 Å². The van der Waals surface area contributed by atoms with E-state index in [2.05, 4.69) is 10.4 Å². The van der Waals surface area contributed by atoms with Crippen molar-refractivity contribution in [2.24, 2.45) is 7.05 Å². The molecule has 2 rings (SSSR count). The molecule has 1 heterocycles. The normalized spacial score (nSPS) is 12.0. The van der Waals surface area contributed by atoms with Crippen molar-refractivity contribution in [2.75, 3.05) is 12.4 Å². The van der Waals surface area contributed by atoms with Crippen molar-refractivity contribution in [2.45, 2.75) is 19.4 Å². The fraction of sp³-hybridized carbons (Fsp3) is 0.333. The second-order valence-corrected chi connectivity index (χ2v) is 4.71. The van der Waals surface area contributed by atoms with Crippen LogP contribution >= 0.6 is 0 Å². The fourth-order valence-corrected chi connectivity index (χ4v) is 2.22. The van der Waals surface area contributed by atoms with Crippen LogP contribution in [-0.4, -0.2) is 28.0 Å². The van der Waals surface area contributed by atoms with Crippen LogP contribution in [0.15, 0.2) is 30.5 Å². The molecular formula is C15H19N3O3. The molecular weight excluding hydrogens is 270 g/mol. The summed E-state index contributed by atoms with van der Waals surface area (Å²) >= 11 is 0. The zero-order chi connectivity index (χ0) is 15.4. The lowest BCUT2D eigenvalue weighted by atomic mass is 10.1. The van der Waals surface area contributed by atoms with Crippen LogP contribution < -0.4 is 10.1 Å². The minimum absolute atomic E-state index is 0.672. The average molecular weight is 289 g/mol. The average Bonchev–Trinajstić information content (AvgIpc) is 2.85. The highest BCUT2D eigenvalue weighted by Crippen LogP contribution is 2.25. The van der Waals surface area contributed by atoms with Crippen molar-refractivity contribution >= 4 is 11.7 Å². The maximum Gasteiger partial charge on any atom is 0.330 e. The predicted molar refractivity (Wildman–Crippen MR) is 79.6 cm³/mol. The van der Waals surface area contributed by atoms with E-state index in [9.17, 15) is 9.90 Å². The smallest absolute Gasteiger partial charge is 0.330 e. The molecule has 0 aliphatic rings. The molecule has 21 heavy (non-hydrogen) atoms. The van der Waals surface area contributed by atoms with Crippen molar-refractivity contribution in [1.29, 1.82) is 0 Å². The summed E-state index contributed by atoms with van der Waals surface area (Å²) in [4.78, 5) is 11.6. The lowest BCUT2D eigenvalue weighted by Gasteiger charge is -2.16. The van der Waals surface area contributed by atoms with Gasteiger partial charge in [0.15, 0.2) is 6.04 Å². The minimum Gasteiger partial charge on any atom is -0.497 e. The van der Waals surface area contributed by atoms with Crippen LogP contribution in [0, 0.1) is 0 Å². The van der Waals surface area contributed by atoms with Crippen molar-refractivity contribution in [3.63, 3.8) is 0 Å². The molecule has 0 bridgehead atoms. The molecule has 1 aromatic carbocycles. The topological polar surface area (TPSA) is 76.4 Å². The Bertz CT molecular complexity index is 637. The largest absolute Gasteiger partial charge is 0.497 e. The Morgan fingerprint density at radius 2 is 2.29 bits per heavy atom. The summed E-state index contributed by atoms with van der Waals surface area (Å²) in [5.74, 6) is -0.272. The molecule has 112 valence electrons. The summed E-state index contributed by atoms with van der Waals surface area (Å²) in [5.41, 5.74) is 2.14. The van der Waals surface area contributed by atoms with Crippen LogP contribution in [0.3, 0.4) is 0 Å². The predicted octanol–water partition coefficient (Wildman–Crippen LogP) is 2.23. The number of nitrogens with one attached hydrogen (secondary N) is 1. The van der Waals surface area contributed by atoms with Crippen molar-refractivity contribution in [3.05, 3.63) is 41.7 Å². The van der Waals surface area contributed by atoms with Gasteiger partial charge in [0.25, 0.3) is 0 Å². The number of ether oxygens (including phenoxy) is 1. The van der Waals surface area contributed by atoms with E-state index in [1.54, 1.807) is 37.2 Å². The molecule has 6 heteroatoms. The molecule has 0 radical (unpaired) electrons. The Balaban J connectivity index is 2.33. The van der Waals surface area contributed by atoms with Crippen LogP contribution in [0.25, 0.3) is 0 Å². The SMILES string of the molecule is CCc1nn(C)cc1C(Nc1cccc(OC)c1)C(=O)O. The van der Waals surface area contributed by atoms with Gasteiger partial charge in [-0.3, -0.25) is 4.68 Å². The molecule has 0 aliphatic carbocycles. The van der Waals surface area contributed by atoms with Gasteiger partial charge in [-0.25, -0.2) is 4.79 Å². The zero-order valence-corrected chi connectivity index (χ0v) is 12.3. The van der Waals surface area contributed by atoms with Crippen molar-refractivity contribution in [3.8, 4) is 5.75 Å².